The minimum absolute atomic E-state index is 0.00775. The van der Waals surface area contributed by atoms with Gasteiger partial charge in [0.05, 0.1) is 17.7 Å². The van der Waals surface area contributed by atoms with Gasteiger partial charge in [0, 0.05) is 18.1 Å². The molecule has 0 aromatic heterocycles. The number of benzene rings is 3. The quantitative estimate of drug-likeness (QED) is 0.262. The van der Waals surface area contributed by atoms with Crippen molar-refractivity contribution in [3.63, 3.8) is 0 Å². The molecule has 220 valence electrons. The van der Waals surface area contributed by atoms with Gasteiger partial charge in [-0.25, -0.2) is 8.42 Å². The van der Waals surface area contributed by atoms with E-state index >= 15 is 0 Å². The average Bonchev–Trinajstić information content (AvgIpc) is 2.95. The second-order valence-electron chi connectivity index (χ2n) is 9.97. The van der Waals surface area contributed by atoms with Crippen molar-refractivity contribution in [1.29, 1.82) is 0 Å². The molecule has 41 heavy (non-hydrogen) atoms. The number of nitrogens with zero attached hydrogens (tertiary/aromatic N) is 2. The van der Waals surface area contributed by atoms with Crippen LogP contribution < -0.4 is 14.4 Å². The monoisotopic (exact) mass is 599 g/mol. The lowest BCUT2D eigenvalue weighted by Gasteiger charge is -2.32. The van der Waals surface area contributed by atoms with Crippen LogP contribution >= 0.6 is 11.6 Å². The van der Waals surface area contributed by atoms with Gasteiger partial charge >= 0.3 is 0 Å². The molecule has 3 aromatic carbocycles. The fourth-order valence-corrected chi connectivity index (χ4v) is 5.80. The highest BCUT2D eigenvalue weighted by atomic mass is 35.5. The van der Waals surface area contributed by atoms with E-state index in [1.807, 2.05) is 45.0 Å². The van der Waals surface area contributed by atoms with Crippen molar-refractivity contribution in [2.24, 2.45) is 0 Å². The lowest BCUT2D eigenvalue weighted by molar-refractivity contribution is -0.139. The van der Waals surface area contributed by atoms with Gasteiger partial charge in [-0.05, 0) is 63.1 Å². The van der Waals surface area contributed by atoms with Crippen LogP contribution in [0.2, 0.25) is 5.02 Å². The number of carbonyl (C=O) groups excluding carboxylic acids is 2. The summed E-state index contributed by atoms with van der Waals surface area (Å²) in [7, 11) is -2.83. The van der Waals surface area contributed by atoms with E-state index in [9.17, 15) is 18.0 Å². The van der Waals surface area contributed by atoms with Crippen molar-refractivity contribution in [2.75, 3.05) is 24.5 Å². The Morgan fingerprint density at radius 3 is 2.17 bits per heavy atom. The Hall–Kier alpha value is -3.56. The molecule has 0 spiro atoms. The van der Waals surface area contributed by atoms with Gasteiger partial charge in [0.15, 0.2) is 0 Å². The van der Waals surface area contributed by atoms with Crippen LogP contribution in [-0.2, 0) is 26.2 Å². The molecule has 0 radical (unpaired) electrons. The number of ether oxygens (including phenoxy) is 1. The highest BCUT2D eigenvalue weighted by molar-refractivity contribution is 7.92. The molecule has 1 atom stereocenters. The Morgan fingerprint density at radius 2 is 1.59 bits per heavy atom. The molecular weight excluding hydrogens is 562 g/mol. The molecule has 3 aromatic rings. The van der Waals surface area contributed by atoms with Gasteiger partial charge < -0.3 is 15.0 Å². The van der Waals surface area contributed by atoms with E-state index in [0.29, 0.717) is 6.54 Å². The number of halogens is 1. The van der Waals surface area contributed by atoms with Crippen LogP contribution in [0.1, 0.15) is 43.4 Å². The van der Waals surface area contributed by atoms with Crippen LogP contribution in [0.5, 0.6) is 5.75 Å². The molecule has 1 N–H and O–H groups in total. The van der Waals surface area contributed by atoms with Gasteiger partial charge in [-0.2, -0.15) is 0 Å². The van der Waals surface area contributed by atoms with Crippen LogP contribution in [0, 0.1) is 13.8 Å². The normalized spacial score (nSPS) is 12.0. The summed E-state index contributed by atoms with van der Waals surface area (Å²) in [6, 6.07) is 17.7. The number of unbranched alkanes of at least 4 members (excludes halogenated alkanes) is 1. The largest absolute Gasteiger partial charge is 0.495 e. The van der Waals surface area contributed by atoms with E-state index in [2.05, 4.69) is 5.32 Å². The smallest absolute Gasteiger partial charge is 0.264 e. The summed E-state index contributed by atoms with van der Waals surface area (Å²) in [5, 5.41) is 3.16. The highest BCUT2D eigenvalue weighted by Crippen LogP contribution is 2.35. The summed E-state index contributed by atoms with van der Waals surface area (Å²) in [4.78, 5) is 28.6. The molecule has 0 unspecified atom stereocenters. The minimum Gasteiger partial charge on any atom is -0.495 e. The number of aryl methyl sites for hydroxylation is 2. The summed E-state index contributed by atoms with van der Waals surface area (Å²) in [6.07, 6.45) is 1.72. The molecule has 0 heterocycles. The Bertz CT molecular complexity index is 1440. The molecule has 10 heteroatoms. The summed E-state index contributed by atoms with van der Waals surface area (Å²) in [5.41, 5.74) is 2.87. The van der Waals surface area contributed by atoms with Crippen LogP contribution in [0.15, 0.2) is 71.6 Å². The van der Waals surface area contributed by atoms with Crippen LogP contribution in [0.3, 0.4) is 0 Å². The Balaban J connectivity index is 2.06. The zero-order valence-electron chi connectivity index (χ0n) is 24.2. The molecule has 2 amide bonds. The molecule has 0 aliphatic rings. The van der Waals surface area contributed by atoms with Crippen LogP contribution in [-0.4, -0.2) is 51.4 Å². The summed E-state index contributed by atoms with van der Waals surface area (Å²) >= 11 is 6.28. The van der Waals surface area contributed by atoms with Crippen LogP contribution in [0.25, 0.3) is 0 Å². The molecule has 0 saturated heterocycles. The van der Waals surface area contributed by atoms with E-state index in [1.54, 1.807) is 31.2 Å². The fraction of sp³-hybridized carbons (Fsp3) is 0.355. The third-order valence-corrected chi connectivity index (χ3v) is 8.78. The lowest BCUT2D eigenvalue weighted by Crippen LogP contribution is -2.51. The van der Waals surface area contributed by atoms with Crippen LogP contribution in [0.4, 0.5) is 5.69 Å². The van der Waals surface area contributed by atoms with Gasteiger partial charge in [0.2, 0.25) is 11.8 Å². The average molecular weight is 600 g/mol. The van der Waals surface area contributed by atoms with Crippen molar-refractivity contribution < 1.29 is 22.7 Å². The third kappa shape index (κ3) is 8.24. The van der Waals surface area contributed by atoms with Gasteiger partial charge in [-0.3, -0.25) is 13.9 Å². The summed E-state index contributed by atoms with van der Waals surface area (Å²) in [6.45, 7) is 7.51. The minimum atomic E-state index is -4.24. The number of anilines is 1. The summed E-state index contributed by atoms with van der Waals surface area (Å²) in [5.74, 6) is -0.637. The van der Waals surface area contributed by atoms with Crippen molar-refractivity contribution in [3.05, 3.63) is 88.4 Å². The lowest BCUT2D eigenvalue weighted by atomic mass is 10.1. The first-order valence-electron chi connectivity index (χ1n) is 13.5. The maximum atomic E-state index is 14.1. The zero-order valence-corrected chi connectivity index (χ0v) is 25.8. The maximum Gasteiger partial charge on any atom is 0.264 e. The fourth-order valence-electron chi connectivity index (χ4n) is 4.22. The predicted molar refractivity (Wildman–Crippen MR) is 163 cm³/mol. The molecule has 0 aliphatic heterocycles. The van der Waals surface area contributed by atoms with Gasteiger partial charge in [-0.1, -0.05) is 72.5 Å². The van der Waals surface area contributed by atoms with E-state index in [0.717, 1.165) is 33.8 Å². The number of rotatable bonds is 13. The number of hydrogen-bond acceptors (Lipinski definition) is 5. The second kappa shape index (κ2) is 14.4. The number of amides is 2. The van der Waals surface area contributed by atoms with Crippen molar-refractivity contribution >= 4 is 39.1 Å². The number of hydrogen-bond donors (Lipinski definition) is 1. The number of methoxy groups -OCH3 is 1. The molecular formula is C31H38ClN3O5S. The van der Waals surface area contributed by atoms with Gasteiger partial charge in [-0.15, -0.1) is 0 Å². The maximum absolute atomic E-state index is 14.1. The third-order valence-electron chi connectivity index (χ3n) is 6.77. The molecule has 3 rings (SSSR count). The number of sulfonamides is 1. The zero-order chi connectivity index (χ0) is 30.2. The topological polar surface area (TPSA) is 96.0 Å². The Labute approximate surface area is 248 Å². The first-order valence-corrected chi connectivity index (χ1v) is 15.4. The van der Waals surface area contributed by atoms with E-state index in [4.69, 9.17) is 16.3 Å². The van der Waals surface area contributed by atoms with E-state index in [-0.39, 0.29) is 33.8 Å². The molecule has 0 bridgehead atoms. The SMILES string of the molecule is CCCCNC(=O)[C@@H](C)N(Cc1ccc(C)cc1)C(=O)CN(c1cc(Cl)ccc1OC)S(=O)(=O)c1ccc(C)cc1. The molecule has 8 nitrogen and oxygen atoms in total. The second-order valence-corrected chi connectivity index (χ2v) is 12.3. The molecule has 0 fully saturated rings. The van der Waals surface area contributed by atoms with Crippen molar-refractivity contribution in [3.8, 4) is 5.75 Å². The highest BCUT2D eigenvalue weighted by Gasteiger charge is 2.34. The Morgan fingerprint density at radius 1 is 0.976 bits per heavy atom. The molecule has 0 aliphatic carbocycles. The van der Waals surface area contributed by atoms with Gasteiger partial charge in [0.25, 0.3) is 10.0 Å². The number of carbonyl (C=O) groups is 2. The Kier molecular flexibility index (Phi) is 11.2. The first-order chi connectivity index (χ1) is 19.5. The van der Waals surface area contributed by atoms with Crippen molar-refractivity contribution in [2.45, 2.75) is 58.0 Å². The van der Waals surface area contributed by atoms with E-state index in [1.165, 1.54) is 30.2 Å². The summed E-state index contributed by atoms with van der Waals surface area (Å²) < 4.78 is 34.5. The standard InChI is InChI=1S/C31H38ClN3O5S/c1-6-7-18-33-31(37)24(4)34(20-25-12-8-22(2)9-13-25)30(36)21-35(28-19-26(32)14-17-29(28)40-5)41(38,39)27-15-10-23(3)11-16-27/h8-17,19,24H,6-7,18,20-21H2,1-5H3,(H,33,37)/t24-/m1/s1. The predicted octanol–water partition coefficient (Wildman–Crippen LogP) is 5.49. The van der Waals surface area contributed by atoms with E-state index < -0.39 is 28.5 Å². The van der Waals surface area contributed by atoms with Gasteiger partial charge in [0.1, 0.15) is 18.3 Å². The number of nitrogens with one attached hydrogen (secondary N) is 1. The first kappa shape index (κ1) is 32.0. The van der Waals surface area contributed by atoms with Crippen molar-refractivity contribution in [1.82, 2.24) is 10.2 Å². The molecule has 0 saturated carbocycles.